The summed E-state index contributed by atoms with van der Waals surface area (Å²) in [6.07, 6.45) is -0.451. The van der Waals surface area contributed by atoms with E-state index in [0.29, 0.717) is 17.0 Å². The molecule has 0 amide bonds. The zero-order valence-corrected chi connectivity index (χ0v) is 14.5. The van der Waals surface area contributed by atoms with Gasteiger partial charge >= 0.3 is 0 Å². The van der Waals surface area contributed by atoms with Crippen LogP contribution in [0.3, 0.4) is 0 Å². The van der Waals surface area contributed by atoms with Crippen molar-refractivity contribution in [3.05, 3.63) is 23.8 Å². The van der Waals surface area contributed by atoms with E-state index in [9.17, 15) is 5.11 Å². The van der Waals surface area contributed by atoms with E-state index in [1.54, 1.807) is 11.8 Å². The normalized spacial score (nSPS) is 18.0. The maximum atomic E-state index is 10.2. The molecule has 1 aromatic carbocycles. The molecule has 1 saturated heterocycles. The molecule has 1 fully saturated rings. The Labute approximate surface area is 148 Å². The number of fused-ring (bicyclic) bond motifs is 1. The van der Waals surface area contributed by atoms with Gasteiger partial charge in [-0.05, 0) is 30.7 Å². The fourth-order valence-corrected chi connectivity index (χ4v) is 3.93. The maximum absolute atomic E-state index is 10.2. The Kier molecular flexibility index (Phi) is 3.89. The van der Waals surface area contributed by atoms with Crippen molar-refractivity contribution < 1.29 is 5.11 Å². The lowest BCUT2D eigenvalue weighted by Crippen LogP contribution is -2.42. The number of aliphatic hydroxyl groups excluding tert-OH is 1. The Balaban J connectivity index is 1.73. The van der Waals surface area contributed by atoms with Crippen LogP contribution in [0, 0.1) is 6.92 Å². The highest BCUT2D eigenvalue weighted by Gasteiger charge is 2.21. The topological polar surface area (TPSA) is 130 Å². The lowest BCUT2D eigenvalue weighted by atomic mass is 10.1. The number of anilines is 3. The van der Waals surface area contributed by atoms with Crippen molar-refractivity contribution >= 4 is 40.4 Å². The van der Waals surface area contributed by atoms with Gasteiger partial charge in [0.2, 0.25) is 5.95 Å². The Morgan fingerprint density at radius 2 is 2.12 bits per heavy atom. The number of nitrogen functional groups attached to an aromatic ring is 2. The summed E-state index contributed by atoms with van der Waals surface area (Å²) in [5.74, 6) is 2.78. The summed E-state index contributed by atoms with van der Waals surface area (Å²) in [5.41, 5.74) is 15.5. The molecule has 25 heavy (non-hydrogen) atoms. The SMILES string of the molecule is Cc1cc(N2CCSCC2O)ccc1-c1nc2c(N)nc(N)nc2[nH]1. The third-order valence-electron chi connectivity index (χ3n) is 4.29. The van der Waals surface area contributed by atoms with Crippen LogP contribution >= 0.6 is 11.8 Å². The number of imidazole rings is 1. The number of aliphatic hydroxyl groups is 1. The largest absolute Gasteiger partial charge is 0.382 e. The number of benzene rings is 1. The summed E-state index contributed by atoms with van der Waals surface area (Å²) in [7, 11) is 0. The Bertz CT molecular complexity index is 942. The molecule has 1 unspecified atom stereocenters. The minimum Gasteiger partial charge on any atom is -0.382 e. The number of aromatic amines is 1. The summed E-state index contributed by atoms with van der Waals surface area (Å²) in [6.45, 7) is 2.85. The minimum absolute atomic E-state index is 0.115. The number of nitrogens with two attached hydrogens (primary N) is 2. The average Bonchev–Trinajstić information content (AvgIpc) is 2.99. The summed E-state index contributed by atoms with van der Waals surface area (Å²) in [5, 5.41) is 10.2. The molecule has 3 aromatic rings. The molecule has 0 aliphatic carbocycles. The van der Waals surface area contributed by atoms with Crippen LogP contribution in [0.25, 0.3) is 22.6 Å². The van der Waals surface area contributed by atoms with Crippen LogP contribution < -0.4 is 16.4 Å². The first-order valence-corrected chi connectivity index (χ1v) is 9.10. The summed E-state index contributed by atoms with van der Waals surface area (Å²) in [4.78, 5) is 17.8. The summed E-state index contributed by atoms with van der Waals surface area (Å²) in [6, 6.07) is 6.05. The van der Waals surface area contributed by atoms with Crippen molar-refractivity contribution in [2.75, 3.05) is 34.4 Å². The van der Waals surface area contributed by atoms with E-state index in [4.69, 9.17) is 11.5 Å². The maximum Gasteiger partial charge on any atom is 0.224 e. The third kappa shape index (κ3) is 2.85. The first-order chi connectivity index (χ1) is 12.0. The van der Waals surface area contributed by atoms with Gasteiger partial charge in [0.1, 0.15) is 12.1 Å². The van der Waals surface area contributed by atoms with Crippen molar-refractivity contribution in [2.45, 2.75) is 13.2 Å². The highest BCUT2D eigenvalue weighted by molar-refractivity contribution is 7.99. The number of rotatable bonds is 2. The van der Waals surface area contributed by atoms with Crippen molar-refractivity contribution in [1.29, 1.82) is 0 Å². The Morgan fingerprint density at radius 1 is 1.28 bits per heavy atom. The fourth-order valence-electron chi connectivity index (χ4n) is 3.05. The number of aromatic nitrogens is 4. The lowest BCUT2D eigenvalue weighted by Gasteiger charge is -2.34. The van der Waals surface area contributed by atoms with Gasteiger partial charge in [0.15, 0.2) is 17.0 Å². The molecule has 0 bridgehead atoms. The molecule has 8 nitrogen and oxygen atoms in total. The standard InChI is InChI=1S/C16H19N7OS/c1-8-6-9(23-4-5-25-7-11(23)24)2-3-10(8)14-19-12-13(17)20-16(18)22-15(12)21-14/h2-3,6,11,24H,4-5,7H2,1H3,(H5,17,18,19,20,21,22). The number of nitrogens with one attached hydrogen (secondary N) is 1. The van der Waals surface area contributed by atoms with Crippen molar-refractivity contribution in [3.8, 4) is 11.4 Å². The first kappa shape index (κ1) is 16.0. The molecule has 2 aromatic heterocycles. The van der Waals surface area contributed by atoms with Gasteiger partial charge in [0.05, 0.1) is 0 Å². The molecule has 0 spiro atoms. The van der Waals surface area contributed by atoms with Gasteiger partial charge in [0, 0.05) is 29.3 Å². The van der Waals surface area contributed by atoms with Crippen LogP contribution in [-0.2, 0) is 0 Å². The van der Waals surface area contributed by atoms with Crippen LogP contribution in [0.5, 0.6) is 0 Å². The van der Waals surface area contributed by atoms with Crippen molar-refractivity contribution in [2.24, 2.45) is 0 Å². The first-order valence-electron chi connectivity index (χ1n) is 7.95. The summed E-state index contributed by atoms with van der Waals surface area (Å²) < 4.78 is 0. The average molecular weight is 357 g/mol. The highest BCUT2D eigenvalue weighted by Crippen LogP contribution is 2.30. The molecule has 130 valence electrons. The second-order valence-electron chi connectivity index (χ2n) is 6.00. The predicted octanol–water partition coefficient (Wildman–Crippen LogP) is 1.36. The number of H-pyrrole nitrogens is 1. The predicted molar refractivity (Wildman–Crippen MR) is 101 cm³/mol. The molecule has 9 heteroatoms. The summed E-state index contributed by atoms with van der Waals surface area (Å²) >= 11 is 1.77. The van der Waals surface area contributed by atoms with Crippen LogP contribution in [0.4, 0.5) is 17.5 Å². The third-order valence-corrected chi connectivity index (χ3v) is 5.29. The molecule has 1 aliphatic rings. The molecule has 1 atom stereocenters. The van der Waals surface area contributed by atoms with Crippen molar-refractivity contribution in [1.82, 2.24) is 19.9 Å². The Hall–Kier alpha value is -2.52. The van der Waals surface area contributed by atoms with Gasteiger partial charge in [-0.15, -0.1) is 0 Å². The Morgan fingerprint density at radius 3 is 2.88 bits per heavy atom. The number of nitrogens with zero attached hydrogens (tertiary/aromatic N) is 4. The van der Waals surface area contributed by atoms with Crippen molar-refractivity contribution in [3.63, 3.8) is 0 Å². The van der Waals surface area contributed by atoms with E-state index in [-0.39, 0.29) is 11.8 Å². The van der Waals surface area contributed by atoms with E-state index >= 15 is 0 Å². The molecule has 6 N–H and O–H groups in total. The second-order valence-corrected chi connectivity index (χ2v) is 7.15. The highest BCUT2D eigenvalue weighted by atomic mass is 32.2. The molecule has 3 heterocycles. The number of hydrogen-bond acceptors (Lipinski definition) is 8. The van der Waals surface area contributed by atoms with Gasteiger partial charge in [-0.2, -0.15) is 21.7 Å². The molecular formula is C16H19N7OS. The van der Waals surface area contributed by atoms with Gasteiger partial charge in [-0.1, -0.05) is 0 Å². The monoisotopic (exact) mass is 357 g/mol. The van der Waals surface area contributed by atoms with Crippen LogP contribution in [0.1, 0.15) is 5.56 Å². The van der Waals surface area contributed by atoms with E-state index in [0.717, 1.165) is 34.9 Å². The zero-order valence-electron chi connectivity index (χ0n) is 13.7. The molecule has 0 radical (unpaired) electrons. The van der Waals surface area contributed by atoms with E-state index in [1.807, 2.05) is 24.0 Å². The van der Waals surface area contributed by atoms with Crippen LogP contribution in [0.15, 0.2) is 18.2 Å². The molecule has 4 rings (SSSR count). The lowest BCUT2D eigenvalue weighted by molar-refractivity contribution is 0.192. The van der Waals surface area contributed by atoms with Crippen LogP contribution in [-0.4, -0.2) is 49.3 Å². The number of thioether (sulfide) groups is 1. The number of aryl methyl sites for hydroxylation is 1. The molecule has 1 aliphatic heterocycles. The van der Waals surface area contributed by atoms with E-state index < -0.39 is 6.23 Å². The van der Waals surface area contributed by atoms with E-state index in [1.165, 1.54) is 0 Å². The smallest absolute Gasteiger partial charge is 0.224 e. The minimum atomic E-state index is -0.451. The van der Waals surface area contributed by atoms with Gasteiger partial charge in [-0.3, -0.25) is 0 Å². The van der Waals surface area contributed by atoms with E-state index in [2.05, 4.69) is 26.0 Å². The quantitative estimate of drug-likeness (QED) is 0.541. The molecule has 0 saturated carbocycles. The number of hydrogen-bond donors (Lipinski definition) is 4. The second kappa shape index (κ2) is 6.08. The zero-order chi connectivity index (χ0) is 17.6. The van der Waals surface area contributed by atoms with Gasteiger partial charge < -0.3 is 26.5 Å². The van der Waals surface area contributed by atoms with Gasteiger partial charge in [0.25, 0.3) is 0 Å². The molecular weight excluding hydrogens is 338 g/mol. The van der Waals surface area contributed by atoms with Crippen LogP contribution in [0.2, 0.25) is 0 Å². The van der Waals surface area contributed by atoms with Gasteiger partial charge in [-0.25, -0.2) is 4.98 Å². The fraction of sp³-hybridized carbons (Fsp3) is 0.312.